The molecule has 0 fully saturated rings. The molecule has 0 spiro atoms. The van der Waals surface area contributed by atoms with Gasteiger partial charge in [0.2, 0.25) is 0 Å². The van der Waals surface area contributed by atoms with Gasteiger partial charge in [0.15, 0.2) is 5.96 Å². The van der Waals surface area contributed by atoms with Gasteiger partial charge < -0.3 is 10.6 Å². The van der Waals surface area contributed by atoms with Crippen molar-refractivity contribution in [2.75, 3.05) is 19.6 Å². The molecule has 0 saturated heterocycles. The van der Waals surface area contributed by atoms with E-state index in [2.05, 4.69) is 53.3 Å². The summed E-state index contributed by atoms with van der Waals surface area (Å²) in [5.41, 5.74) is 1.14. The summed E-state index contributed by atoms with van der Waals surface area (Å²) in [6, 6.07) is 0. The van der Waals surface area contributed by atoms with Crippen LogP contribution in [0.3, 0.4) is 0 Å². The lowest BCUT2D eigenvalue weighted by atomic mass is 10.4. The molecule has 0 amide bonds. The van der Waals surface area contributed by atoms with Crippen molar-refractivity contribution in [1.29, 1.82) is 0 Å². The first-order chi connectivity index (χ1) is 11.1. The fourth-order valence-electron chi connectivity index (χ4n) is 2.06. The number of nitrogens with one attached hydrogen (secondary N) is 2. The molecular formula is C16H25N5S2. The van der Waals surface area contributed by atoms with Crippen molar-refractivity contribution in [3.63, 3.8) is 0 Å². The Morgan fingerprint density at radius 3 is 2.57 bits per heavy atom. The number of aryl methyl sites for hydroxylation is 3. The molecule has 0 aliphatic carbocycles. The molecule has 2 heterocycles. The highest BCUT2D eigenvalue weighted by molar-refractivity contribution is 7.11. The molecule has 0 aromatic carbocycles. The Kier molecular flexibility index (Phi) is 6.98. The lowest BCUT2D eigenvalue weighted by molar-refractivity contribution is 0.793. The standard InChI is InChI=1S/C16H25N5S2/c1-5-17-16(18-8-6-14-20-10-11(2)22-14)19-9-7-15-21-12(3)13(4)23-15/h10H,5-9H2,1-4H3,(H2,17,18,19). The van der Waals surface area contributed by atoms with Crippen LogP contribution in [-0.4, -0.2) is 35.6 Å². The molecular weight excluding hydrogens is 326 g/mol. The summed E-state index contributed by atoms with van der Waals surface area (Å²) in [7, 11) is 0. The van der Waals surface area contributed by atoms with E-state index in [0.29, 0.717) is 0 Å². The summed E-state index contributed by atoms with van der Waals surface area (Å²) in [6.45, 7) is 10.8. The van der Waals surface area contributed by atoms with Crippen molar-refractivity contribution in [2.24, 2.45) is 4.99 Å². The highest BCUT2D eigenvalue weighted by atomic mass is 32.1. The molecule has 5 nitrogen and oxygen atoms in total. The van der Waals surface area contributed by atoms with Crippen LogP contribution in [0.25, 0.3) is 0 Å². The average Bonchev–Trinajstić information content (AvgIpc) is 3.05. The Morgan fingerprint density at radius 2 is 1.96 bits per heavy atom. The Bertz CT molecular complexity index is 625. The van der Waals surface area contributed by atoms with Crippen LogP contribution in [0.15, 0.2) is 11.2 Å². The third-order valence-corrected chi connectivity index (χ3v) is 5.42. The van der Waals surface area contributed by atoms with Crippen molar-refractivity contribution < 1.29 is 0 Å². The van der Waals surface area contributed by atoms with E-state index in [4.69, 9.17) is 0 Å². The Hall–Kier alpha value is -1.47. The monoisotopic (exact) mass is 351 g/mol. The number of aromatic nitrogens is 2. The lowest BCUT2D eigenvalue weighted by Gasteiger charge is -2.10. The first-order valence-electron chi connectivity index (χ1n) is 7.95. The summed E-state index contributed by atoms with van der Waals surface area (Å²) in [4.78, 5) is 16.1. The van der Waals surface area contributed by atoms with Crippen LogP contribution in [0.5, 0.6) is 0 Å². The highest BCUT2D eigenvalue weighted by Crippen LogP contribution is 2.16. The van der Waals surface area contributed by atoms with E-state index < -0.39 is 0 Å². The molecule has 2 N–H and O–H groups in total. The second-order valence-corrected chi connectivity index (χ2v) is 7.91. The number of rotatable bonds is 7. The first kappa shape index (κ1) is 17.9. The molecule has 2 aromatic heterocycles. The van der Waals surface area contributed by atoms with Gasteiger partial charge in [-0.15, -0.1) is 22.7 Å². The first-order valence-corrected chi connectivity index (χ1v) is 9.58. The van der Waals surface area contributed by atoms with Gasteiger partial charge in [-0.1, -0.05) is 0 Å². The summed E-state index contributed by atoms with van der Waals surface area (Å²) >= 11 is 3.52. The topological polar surface area (TPSA) is 62.2 Å². The number of hydrogen-bond donors (Lipinski definition) is 2. The SMILES string of the molecule is CCNC(=NCCc1nc(C)c(C)s1)NCCc1ncc(C)s1. The van der Waals surface area contributed by atoms with E-state index in [1.807, 2.05) is 6.20 Å². The zero-order chi connectivity index (χ0) is 16.7. The third kappa shape index (κ3) is 5.91. The zero-order valence-electron chi connectivity index (χ0n) is 14.3. The molecule has 126 valence electrons. The Morgan fingerprint density at radius 1 is 1.13 bits per heavy atom. The van der Waals surface area contributed by atoms with Gasteiger partial charge in [0.1, 0.15) is 0 Å². The van der Waals surface area contributed by atoms with E-state index in [1.54, 1.807) is 22.7 Å². The maximum atomic E-state index is 4.63. The van der Waals surface area contributed by atoms with E-state index in [9.17, 15) is 0 Å². The smallest absolute Gasteiger partial charge is 0.191 e. The van der Waals surface area contributed by atoms with Gasteiger partial charge in [-0.05, 0) is 27.7 Å². The minimum Gasteiger partial charge on any atom is -0.357 e. The molecule has 2 rings (SSSR count). The van der Waals surface area contributed by atoms with E-state index in [1.165, 1.54) is 14.8 Å². The third-order valence-electron chi connectivity index (χ3n) is 3.31. The zero-order valence-corrected chi connectivity index (χ0v) is 15.9. The fourth-order valence-corrected chi connectivity index (χ4v) is 3.77. The summed E-state index contributed by atoms with van der Waals surface area (Å²) < 4.78 is 0. The molecule has 0 aliphatic heterocycles. The maximum absolute atomic E-state index is 4.63. The quantitative estimate of drug-likeness (QED) is 0.595. The van der Waals surface area contributed by atoms with Crippen LogP contribution in [0.2, 0.25) is 0 Å². The van der Waals surface area contributed by atoms with Gasteiger partial charge in [0.25, 0.3) is 0 Å². The van der Waals surface area contributed by atoms with Gasteiger partial charge in [0.05, 0.1) is 15.7 Å². The van der Waals surface area contributed by atoms with Gasteiger partial charge in [0, 0.05) is 48.4 Å². The summed E-state index contributed by atoms with van der Waals surface area (Å²) in [5, 5.41) is 8.98. The molecule has 0 radical (unpaired) electrons. The Balaban J connectivity index is 1.79. The minimum atomic E-state index is 0.748. The molecule has 23 heavy (non-hydrogen) atoms. The van der Waals surface area contributed by atoms with Gasteiger partial charge in [-0.25, -0.2) is 9.97 Å². The van der Waals surface area contributed by atoms with Crippen molar-refractivity contribution in [3.8, 4) is 0 Å². The molecule has 7 heteroatoms. The summed E-state index contributed by atoms with van der Waals surface area (Å²) in [5.74, 6) is 0.866. The van der Waals surface area contributed by atoms with Gasteiger partial charge >= 0.3 is 0 Å². The number of nitrogens with zero attached hydrogens (tertiary/aromatic N) is 3. The fraction of sp³-hybridized carbons (Fsp3) is 0.562. The van der Waals surface area contributed by atoms with Crippen LogP contribution in [0.4, 0.5) is 0 Å². The van der Waals surface area contributed by atoms with Crippen molar-refractivity contribution >= 4 is 28.6 Å². The van der Waals surface area contributed by atoms with Crippen LogP contribution in [0.1, 0.15) is 32.4 Å². The number of guanidine groups is 1. The van der Waals surface area contributed by atoms with E-state index in [0.717, 1.165) is 49.1 Å². The van der Waals surface area contributed by atoms with Crippen LogP contribution in [0, 0.1) is 20.8 Å². The van der Waals surface area contributed by atoms with Crippen molar-refractivity contribution in [3.05, 3.63) is 31.7 Å². The Labute approximate surface area is 146 Å². The van der Waals surface area contributed by atoms with Crippen LogP contribution >= 0.6 is 22.7 Å². The second kappa shape index (κ2) is 8.98. The minimum absolute atomic E-state index is 0.748. The number of aliphatic imine (C=N–C) groups is 1. The molecule has 0 saturated carbocycles. The average molecular weight is 352 g/mol. The number of hydrogen-bond acceptors (Lipinski definition) is 5. The van der Waals surface area contributed by atoms with E-state index in [-0.39, 0.29) is 0 Å². The predicted octanol–water partition coefficient (Wildman–Crippen LogP) is 2.87. The maximum Gasteiger partial charge on any atom is 0.191 e. The highest BCUT2D eigenvalue weighted by Gasteiger charge is 2.04. The van der Waals surface area contributed by atoms with Crippen molar-refractivity contribution in [2.45, 2.75) is 40.5 Å². The molecule has 0 aliphatic rings. The van der Waals surface area contributed by atoms with Crippen LogP contribution < -0.4 is 10.6 Å². The van der Waals surface area contributed by atoms with Gasteiger partial charge in [-0.3, -0.25) is 4.99 Å². The molecule has 0 bridgehead atoms. The van der Waals surface area contributed by atoms with E-state index >= 15 is 0 Å². The van der Waals surface area contributed by atoms with Crippen LogP contribution in [-0.2, 0) is 12.8 Å². The summed E-state index contributed by atoms with van der Waals surface area (Å²) in [6.07, 6.45) is 3.74. The largest absolute Gasteiger partial charge is 0.357 e. The molecule has 0 atom stereocenters. The number of thiazole rings is 2. The van der Waals surface area contributed by atoms with Crippen molar-refractivity contribution in [1.82, 2.24) is 20.6 Å². The normalized spacial score (nSPS) is 11.7. The van der Waals surface area contributed by atoms with Gasteiger partial charge in [-0.2, -0.15) is 0 Å². The predicted molar refractivity (Wildman–Crippen MR) is 99.8 cm³/mol. The molecule has 0 unspecified atom stereocenters. The molecule has 2 aromatic rings. The second-order valence-electron chi connectivity index (χ2n) is 5.30. The lowest BCUT2D eigenvalue weighted by Crippen LogP contribution is -2.38.